The second-order valence-electron chi connectivity index (χ2n) is 7.29. The number of phenolic OH excluding ortho intramolecular Hbond substituents is 1. The minimum Gasteiger partial charge on any atom is -1.00 e. The molecular formula is C24H20BrNO5. The van der Waals surface area contributed by atoms with Crippen molar-refractivity contribution in [3.63, 3.8) is 0 Å². The summed E-state index contributed by atoms with van der Waals surface area (Å²) >= 11 is 0. The summed E-state index contributed by atoms with van der Waals surface area (Å²) in [5.41, 5.74) is 3.20. The maximum absolute atomic E-state index is 13.4. The Balaban J connectivity index is 0.00000272. The average molecular weight is 482 g/mol. The van der Waals surface area contributed by atoms with Crippen LogP contribution in [0, 0.1) is 13.8 Å². The molecule has 0 aliphatic rings. The number of nitrogens with zero attached hydrogens (tertiary/aromatic N) is 1. The Labute approximate surface area is 189 Å². The van der Waals surface area contributed by atoms with Crippen molar-refractivity contribution in [3.8, 4) is 11.5 Å². The molecule has 6 nitrogen and oxygen atoms in total. The lowest BCUT2D eigenvalue weighted by Crippen LogP contribution is -3.00. The molecule has 3 aromatic carbocycles. The first-order chi connectivity index (χ1) is 14.3. The van der Waals surface area contributed by atoms with Crippen LogP contribution in [0.1, 0.15) is 31.8 Å². The number of carboxylic acid groups (broad SMARTS) is 1. The van der Waals surface area contributed by atoms with Gasteiger partial charge in [-0.05, 0) is 55.3 Å². The summed E-state index contributed by atoms with van der Waals surface area (Å²) in [4.78, 5) is 24.6. The van der Waals surface area contributed by atoms with E-state index in [1.54, 1.807) is 32.0 Å². The van der Waals surface area contributed by atoms with E-state index in [-0.39, 0.29) is 28.3 Å². The van der Waals surface area contributed by atoms with Crippen LogP contribution in [-0.2, 0) is 7.05 Å². The third-order valence-electron chi connectivity index (χ3n) is 5.25. The summed E-state index contributed by atoms with van der Waals surface area (Å²) in [6.45, 7) is 3.41. The van der Waals surface area contributed by atoms with Crippen molar-refractivity contribution in [2.24, 2.45) is 7.05 Å². The number of hydrogen-bond donors (Lipinski definition) is 2. The van der Waals surface area contributed by atoms with Crippen molar-refractivity contribution in [1.29, 1.82) is 0 Å². The van der Waals surface area contributed by atoms with Crippen LogP contribution in [0.5, 0.6) is 11.5 Å². The number of carbonyl (C=O) groups is 2. The van der Waals surface area contributed by atoms with E-state index in [0.717, 1.165) is 11.0 Å². The van der Waals surface area contributed by atoms with Gasteiger partial charge in [-0.25, -0.2) is 9.59 Å². The number of aromatic hydroxyl groups is 1. The van der Waals surface area contributed by atoms with Crippen LogP contribution in [0.15, 0.2) is 54.6 Å². The molecule has 1 heterocycles. The highest BCUT2D eigenvalue weighted by molar-refractivity contribution is 6.13. The number of rotatable bonds is 3. The highest BCUT2D eigenvalue weighted by atomic mass is 79.9. The van der Waals surface area contributed by atoms with Gasteiger partial charge in [0, 0.05) is 12.1 Å². The predicted molar refractivity (Wildman–Crippen MR) is 112 cm³/mol. The Bertz CT molecular complexity index is 1340. The number of phenols is 1. The lowest BCUT2D eigenvalue weighted by atomic mass is 10.0. The molecule has 0 amide bonds. The lowest BCUT2D eigenvalue weighted by Gasteiger charge is -2.14. The van der Waals surface area contributed by atoms with Crippen LogP contribution >= 0.6 is 0 Å². The number of pyridine rings is 1. The van der Waals surface area contributed by atoms with E-state index in [1.165, 1.54) is 12.1 Å². The van der Waals surface area contributed by atoms with Gasteiger partial charge in [-0.3, -0.25) is 0 Å². The largest absolute Gasteiger partial charge is 1.00 e. The third-order valence-corrected chi connectivity index (χ3v) is 5.25. The summed E-state index contributed by atoms with van der Waals surface area (Å²) in [5.74, 6) is -1.24. The van der Waals surface area contributed by atoms with Crippen molar-refractivity contribution in [2.45, 2.75) is 13.8 Å². The van der Waals surface area contributed by atoms with Gasteiger partial charge < -0.3 is 31.9 Å². The van der Waals surface area contributed by atoms with Crippen molar-refractivity contribution >= 4 is 33.7 Å². The van der Waals surface area contributed by atoms with Gasteiger partial charge in [0.05, 0.1) is 21.9 Å². The van der Waals surface area contributed by atoms with E-state index in [0.29, 0.717) is 33.2 Å². The molecule has 0 saturated carbocycles. The summed E-state index contributed by atoms with van der Waals surface area (Å²) in [5, 5.41) is 20.5. The number of hydrogen-bond acceptors (Lipinski definition) is 4. The van der Waals surface area contributed by atoms with Gasteiger partial charge in [0.2, 0.25) is 11.0 Å². The molecule has 0 aliphatic heterocycles. The number of aromatic carboxylic acids is 1. The molecule has 0 radical (unpaired) electrons. The summed E-state index contributed by atoms with van der Waals surface area (Å²) in [6, 6.07) is 15.3. The quantitative estimate of drug-likeness (QED) is 0.198. The maximum Gasteiger partial charge on any atom is 0.345 e. The number of carbonyl (C=O) groups excluding carboxylic acids is 1. The third kappa shape index (κ3) is 3.84. The first-order valence-corrected chi connectivity index (χ1v) is 9.38. The number of carboxylic acids is 1. The molecular weight excluding hydrogens is 462 g/mol. The fraction of sp³-hybridized carbons (Fsp3) is 0.125. The predicted octanol–water partition coefficient (Wildman–Crippen LogP) is 1.06. The fourth-order valence-electron chi connectivity index (χ4n) is 3.87. The molecule has 4 aromatic rings. The van der Waals surface area contributed by atoms with E-state index in [9.17, 15) is 19.8 Å². The Morgan fingerprint density at radius 3 is 2.16 bits per heavy atom. The van der Waals surface area contributed by atoms with Crippen LogP contribution < -0.4 is 26.3 Å². The molecule has 0 aliphatic carbocycles. The maximum atomic E-state index is 13.4. The minimum atomic E-state index is -1.04. The monoisotopic (exact) mass is 481 g/mol. The van der Waals surface area contributed by atoms with Crippen molar-refractivity contribution in [3.05, 3.63) is 76.9 Å². The molecule has 158 valence electrons. The fourth-order valence-corrected chi connectivity index (χ4v) is 3.87. The average Bonchev–Trinajstić information content (AvgIpc) is 2.70. The number of benzene rings is 3. The Morgan fingerprint density at radius 1 is 0.903 bits per heavy atom. The first kappa shape index (κ1) is 22.2. The van der Waals surface area contributed by atoms with E-state index in [4.69, 9.17) is 4.74 Å². The van der Waals surface area contributed by atoms with Crippen molar-refractivity contribution in [2.75, 3.05) is 0 Å². The first-order valence-electron chi connectivity index (χ1n) is 9.38. The zero-order valence-electron chi connectivity index (χ0n) is 17.1. The molecule has 2 N–H and O–H groups in total. The van der Waals surface area contributed by atoms with Crippen LogP contribution in [0.2, 0.25) is 0 Å². The number of aryl methyl sites for hydroxylation is 3. The highest BCUT2D eigenvalue weighted by Gasteiger charge is 2.25. The Kier molecular flexibility index (Phi) is 5.99. The molecule has 31 heavy (non-hydrogen) atoms. The van der Waals surface area contributed by atoms with Crippen LogP contribution in [0.3, 0.4) is 0 Å². The summed E-state index contributed by atoms with van der Waals surface area (Å²) in [7, 11) is 1.90. The normalized spacial score (nSPS) is 10.7. The summed E-state index contributed by atoms with van der Waals surface area (Å²) < 4.78 is 7.73. The molecule has 0 saturated heterocycles. The number of aromatic nitrogens is 1. The highest BCUT2D eigenvalue weighted by Crippen LogP contribution is 2.31. The zero-order valence-corrected chi connectivity index (χ0v) is 18.7. The molecule has 0 bridgehead atoms. The van der Waals surface area contributed by atoms with Crippen molar-refractivity contribution in [1.82, 2.24) is 0 Å². The standard InChI is InChI=1S/C24H19NO5.BrH/c1-13-10-15(23(27)28)11-14(2)22(13)30-24(29)21-17-6-4-5-7-19(17)25(3)20-9-8-16(26)12-18(20)21;/h4-12H,1-3H3,(H-,26,27,28,29);1H. The SMILES string of the molecule is Cc1cc(C(=O)O)cc(C)c1OC(=O)c1c2ccccc2[n+](C)c2ccc(O)cc12.[Br-]. The minimum absolute atomic E-state index is 0. The molecule has 0 unspecified atom stereocenters. The van der Waals surface area contributed by atoms with Crippen molar-refractivity contribution < 1.29 is 46.1 Å². The topological polar surface area (TPSA) is 87.7 Å². The van der Waals surface area contributed by atoms with E-state index < -0.39 is 11.9 Å². The molecule has 0 fully saturated rings. The second kappa shape index (κ2) is 8.35. The van der Waals surface area contributed by atoms with Gasteiger partial charge >= 0.3 is 11.9 Å². The van der Waals surface area contributed by atoms with E-state index in [1.807, 2.05) is 35.9 Å². The summed E-state index contributed by atoms with van der Waals surface area (Å²) in [6.07, 6.45) is 0. The van der Waals surface area contributed by atoms with Gasteiger partial charge in [-0.15, -0.1) is 0 Å². The number of fused-ring (bicyclic) bond motifs is 2. The van der Waals surface area contributed by atoms with Crippen LogP contribution in [0.4, 0.5) is 0 Å². The molecule has 0 spiro atoms. The zero-order chi connectivity index (χ0) is 21.6. The van der Waals surface area contributed by atoms with Crippen LogP contribution in [0.25, 0.3) is 21.8 Å². The van der Waals surface area contributed by atoms with Crippen LogP contribution in [-0.4, -0.2) is 22.2 Å². The lowest BCUT2D eigenvalue weighted by molar-refractivity contribution is -0.617. The smallest absolute Gasteiger partial charge is 0.345 e. The van der Waals surface area contributed by atoms with E-state index in [2.05, 4.69) is 0 Å². The molecule has 4 rings (SSSR count). The van der Waals surface area contributed by atoms with E-state index >= 15 is 0 Å². The number of esters is 1. The number of para-hydroxylation sites is 1. The van der Waals surface area contributed by atoms with Gasteiger partial charge in [0.25, 0.3) is 0 Å². The Hall–Kier alpha value is -3.45. The van der Waals surface area contributed by atoms with Gasteiger partial charge in [-0.2, -0.15) is 4.57 Å². The molecule has 0 atom stereocenters. The van der Waals surface area contributed by atoms with Gasteiger partial charge in [-0.1, -0.05) is 12.1 Å². The molecule has 7 heteroatoms. The second-order valence-corrected chi connectivity index (χ2v) is 7.29. The van der Waals surface area contributed by atoms with Gasteiger partial charge in [0.1, 0.15) is 18.5 Å². The molecule has 1 aromatic heterocycles. The number of ether oxygens (including phenoxy) is 1. The van der Waals surface area contributed by atoms with Gasteiger partial charge in [0.15, 0.2) is 0 Å². The number of halogens is 1. The Morgan fingerprint density at radius 2 is 1.52 bits per heavy atom.